The van der Waals surface area contributed by atoms with Crippen molar-refractivity contribution in [3.63, 3.8) is 0 Å². The molecule has 0 bridgehead atoms. The van der Waals surface area contributed by atoms with Crippen molar-refractivity contribution in [1.29, 1.82) is 0 Å². The monoisotopic (exact) mass is 518 g/mol. The second-order valence-electron chi connectivity index (χ2n) is 8.37. The van der Waals surface area contributed by atoms with Gasteiger partial charge in [0, 0.05) is 17.8 Å². The van der Waals surface area contributed by atoms with Crippen LogP contribution in [0.15, 0.2) is 102 Å². The summed E-state index contributed by atoms with van der Waals surface area (Å²) in [5.74, 6) is 0.570. The van der Waals surface area contributed by atoms with Crippen LogP contribution in [0, 0.1) is 0 Å². The molecule has 9 heteroatoms. The number of amides is 2. The van der Waals surface area contributed by atoms with Gasteiger partial charge in [-0.15, -0.1) is 0 Å². The zero-order valence-corrected chi connectivity index (χ0v) is 20.9. The SMILES string of the molecule is CC1N(Cc2ccc(-c3ccccc3)cc2Cl)c2ncccc2N1C(=O)NS(=O)(=O)c1ccccc1. The lowest BCUT2D eigenvalue weighted by atomic mass is 10.0. The second kappa shape index (κ2) is 9.64. The van der Waals surface area contributed by atoms with E-state index in [0.29, 0.717) is 23.1 Å². The molecule has 2 amide bonds. The molecule has 182 valence electrons. The normalized spacial score (nSPS) is 15.0. The van der Waals surface area contributed by atoms with Gasteiger partial charge in [-0.05, 0) is 53.9 Å². The molecule has 0 saturated heterocycles. The minimum Gasteiger partial charge on any atom is -0.330 e. The molecule has 1 aliphatic heterocycles. The third-order valence-corrected chi connectivity index (χ3v) is 7.81. The van der Waals surface area contributed by atoms with Gasteiger partial charge in [-0.25, -0.2) is 22.9 Å². The van der Waals surface area contributed by atoms with Crippen LogP contribution in [0.2, 0.25) is 5.02 Å². The Kier molecular flexibility index (Phi) is 6.38. The average molecular weight is 519 g/mol. The Balaban J connectivity index is 1.41. The zero-order valence-electron chi connectivity index (χ0n) is 19.4. The van der Waals surface area contributed by atoms with Crippen LogP contribution in [0.5, 0.6) is 0 Å². The Morgan fingerprint density at radius 1 is 0.944 bits per heavy atom. The molecule has 1 aromatic heterocycles. The van der Waals surface area contributed by atoms with Gasteiger partial charge in [0.15, 0.2) is 5.82 Å². The lowest BCUT2D eigenvalue weighted by molar-refractivity contribution is 0.249. The summed E-state index contributed by atoms with van der Waals surface area (Å²) < 4.78 is 27.7. The number of anilines is 2. The summed E-state index contributed by atoms with van der Waals surface area (Å²) >= 11 is 6.67. The first-order valence-corrected chi connectivity index (χ1v) is 13.2. The van der Waals surface area contributed by atoms with Gasteiger partial charge in [0.2, 0.25) is 0 Å². The van der Waals surface area contributed by atoms with Crippen LogP contribution in [-0.2, 0) is 16.6 Å². The van der Waals surface area contributed by atoms with E-state index in [-0.39, 0.29) is 4.90 Å². The molecule has 0 saturated carbocycles. The summed E-state index contributed by atoms with van der Waals surface area (Å²) in [6.07, 6.45) is 1.13. The minimum atomic E-state index is -4.04. The molecule has 4 aromatic rings. The molecule has 0 fully saturated rings. The Bertz CT molecular complexity index is 1510. The average Bonchev–Trinajstić information content (AvgIpc) is 3.17. The number of pyridine rings is 1. The van der Waals surface area contributed by atoms with E-state index in [1.165, 1.54) is 17.0 Å². The van der Waals surface area contributed by atoms with Crippen LogP contribution in [0.4, 0.5) is 16.3 Å². The van der Waals surface area contributed by atoms with Crippen molar-refractivity contribution in [3.05, 3.63) is 108 Å². The number of nitrogens with zero attached hydrogens (tertiary/aromatic N) is 3. The van der Waals surface area contributed by atoms with Crippen molar-refractivity contribution in [1.82, 2.24) is 9.71 Å². The molecular formula is C27H23ClN4O3S. The summed E-state index contributed by atoms with van der Waals surface area (Å²) in [7, 11) is -4.04. The van der Waals surface area contributed by atoms with E-state index in [0.717, 1.165) is 16.7 Å². The molecule has 1 atom stereocenters. The third kappa shape index (κ3) is 4.53. The molecule has 0 aliphatic carbocycles. The van der Waals surface area contributed by atoms with E-state index < -0.39 is 22.2 Å². The summed E-state index contributed by atoms with van der Waals surface area (Å²) in [5, 5.41) is 0.593. The van der Waals surface area contributed by atoms with Crippen LogP contribution >= 0.6 is 11.6 Å². The highest BCUT2D eigenvalue weighted by molar-refractivity contribution is 7.90. The van der Waals surface area contributed by atoms with E-state index in [9.17, 15) is 13.2 Å². The van der Waals surface area contributed by atoms with Gasteiger partial charge in [0.1, 0.15) is 6.17 Å². The van der Waals surface area contributed by atoms with Crippen molar-refractivity contribution >= 4 is 39.2 Å². The Morgan fingerprint density at radius 2 is 1.64 bits per heavy atom. The summed E-state index contributed by atoms with van der Waals surface area (Å²) in [5.41, 5.74) is 3.45. The van der Waals surface area contributed by atoms with Crippen LogP contribution in [0.25, 0.3) is 11.1 Å². The predicted molar refractivity (Wildman–Crippen MR) is 141 cm³/mol. The molecule has 3 aromatic carbocycles. The number of aromatic nitrogens is 1. The van der Waals surface area contributed by atoms with E-state index in [2.05, 4.69) is 9.71 Å². The van der Waals surface area contributed by atoms with Gasteiger partial charge in [-0.2, -0.15) is 0 Å². The summed E-state index contributed by atoms with van der Waals surface area (Å²) in [6, 6.07) is 26.3. The van der Waals surface area contributed by atoms with Crippen LogP contribution in [-0.4, -0.2) is 25.6 Å². The number of nitrogens with one attached hydrogen (secondary N) is 1. The van der Waals surface area contributed by atoms with E-state index in [4.69, 9.17) is 11.6 Å². The second-order valence-corrected chi connectivity index (χ2v) is 10.5. The van der Waals surface area contributed by atoms with Crippen molar-refractivity contribution < 1.29 is 13.2 Å². The number of carbonyl (C=O) groups is 1. The molecule has 2 heterocycles. The van der Waals surface area contributed by atoms with E-state index in [1.807, 2.05) is 60.4 Å². The number of halogens is 1. The lowest BCUT2D eigenvalue weighted by Crippen LogP contribution is -2.49. The third-order valence-electron chi connectivity index (χ3n) is 6.12. The molecule has 1 aliphatic rings. The number of carbonyl (C=O) groups excluding carboxylic acids is 1. The van der Waals surface area contributed by atoms with Gasteiger partial charge in [-0.1, -0.05) is 72.3 Å². The first-order valence-electron chi connectivity index (χ1n) is 11.3. The number of urea groups is 1. The highest BCUT2D eigenvalue weighted by atomic mass is 35.5. The fourth-order valence-electron chi connectivity index (χ4n) is 4.29. The zero-order chi connectivity index (χ0) is 25.3. The topological polar surface area (TPSA) is 82.6 Å². The Hall–Kier alpha value is -3.88. The highest BCUT2D eigenvalue weighted by Crippen LogP contribution is 2.39. The van der Waals surface area contributed by atoms with Crippen LogP contribution in [0.1, 0.15) is 12.5 Å². The molecule has 0 radical (unpaired) electrons. The van der Waals surface area contributed by atoms with Gasteiger partial charge in [0.05, 0.1) is 10.6 Å². The number of rotatable bonds is 5. The fraction of sp³-hybridized carbons (Fsp3) is 0.111. The number of hydrogen-bond acceptors (Lipinski definition) is 5. The van der Waals surface area contributed by atoms with Crippen molar-refractivity contribution in [2.45, 2.75) is 24.5 Å². The molecule has 1 N–H and O–H groups in total. The Labute approximate surface area is 215 Å². The van der Waals surface area contributed by atoms with Crippen LogP contribution < -0.4 is 14.5 Å². The van der Waals surface area contributed by atoms with Gasteiger partial charge in [-0.3, -0.25) is 4.90 Å². The molecule has 1 unspecified atom stereocenters. The van der Waals surface area contributed by atoms with Crippen molar-refractivity contribution in [3.8, 4) is 11.1 Å². The smallest absolute Gasteiger partial charge is 0.330 e. The number of hydrogen-bond donors (Lipinski definition) is 1. The predicted octanol–water partition coefficient (Wildman–Crippen LogP) is 5.67. The molecule has 5 rings (SSSR count). The largest absolute Gasteiger partial charge is 0.337 e. The number of sulfonamides is 1. The minimum absolute atomic E-state index is 0.0127. The molecule has 0 spiro atoms. The van der Waals surface area contributed by atoms with E-state index in [1.54, 1.807) is 36.5 Å². The first kappa shape index (κ1) is 23.8. The van der Waals surface area contributed by atoms with Gasteiger partial charge >= 0.3 is 6.03 Å². The number of benzene rings is 3. The van der Waals surface area contributed by atoms with E-state index >= 15 is 0 Å². The van der Waals surface area contributed by atoms with Crippen molar-refractivity contribution in [2.24, 2.45) is 0 Å². The van der Waals surface area contributed by atoms with Crippen LogP contribution in [0.3, 0.4) is 0 Å². The maximum atomic E-state index is 13.2. The highest BCUT2D eigenvalue weighted by Gasteiger charge is 2.39. The first-order chi connectivity index (χ1) is 17.3. The number of fused-ring (bicyclic) bond motifs is 1. The quantitative estimate of drug-likeness (QED) is 0.368. The fourth-order valence-corrected chi connectivity index (χ4v) is 5.50. The molecular weight excluding hydrogens is 496 g/mol. The summed E-state index contributed by atoms with van der Waals surface area (Å²) in [6.45, 7) is 2.21. The maximum Gasteiger partial charge on any atom is 0.337 e. The summed E-state index contributed by atoms with van der Waals surface area (Å²) in [4.78, 5) is 21.0. The maximum absolute atomic E-state index is 13.2. The van der Waals surface area contributed by atoms with Gasteiger partial charge in [0.25, 0.3) is 10.0 Å². The Morgan fingerprint density at radius 3 is 2.33 bits per heavy atom. The lowest BCUT2D eigenvalue weighted by Gasteiger charge is -2.28. The molecule has 7 nitrogen and oxygen atoms in total. The van der Waals surface area contributed by atoms with Crippen molar-refractivity contribution in [2.75, 3.05) is 9.80 Å². The van der Waals surface area contributed by atoms with Gasteiger partial charge < -0.3 is 4.90 Å². The standard InChI is InChI=1S/C27H23ClN4O3S/c1-19-31(18-22-15-14-21(17-24(22)28)20-9-4-2-5-10-20)26-25(13-8-16-29-26)32(19)27(33)30-36(34,35)23-11-6-3-7-12-23/h2-17,19H,18H2,1H3,(H,30,33). The molecule has 36 heavy (non-hydrogen) atoms.